The molecule has 0 saturated carbocycles. The largest absolute Gasteiger partial charge is 0.496 e. The second-order valence-electron chi connectivity index (χ2n) is 3.23. The van der Waals surface area contributed by atoms with Gasteiger partial charge in [0.05, 0.1) is 20.8 Å². The summed E-state index contributed by atoms with van der Waals surface area (Å²) >= 11 is 0. The van der Waals surface area contributed by atoms with E-state index in [2.05, 4.69) is 4.84 Å². The Balaban J connectivity index is 3.05. The van der Waals surface area contributed by atoms with Crippen molar-refractivity contribution >= 4 is 0 Å². The lowest BCUT2D eigenvalue weighted by Crippen LogP contribution is -2.05. The molecule has 0 heterocycles. The fraction of sp³-hybridized carbons (Fsp3) is 0.455. The van der Waals surface area contributed by atoms with Gasteiger partial charge in [-0.15, -0.1) is 0 Å². The number of hydrogen-bond donors (Lipinski definition) is 1. The van der Waals surface area contributed by atoms with Crippen LogP contribution in [0, 0.1) is 0 Å². The molecule has 0 atom stereocenters. The Morgan fingerprint density at radius 2 is 1.69 bits per heavy atom. The minimum atomic E-state index is -0.590. The van der Waals surface area contributed by atoms with Crippen LogP contribution in [0.4, 0.5) is 4.39 Å². The van der Waals surface area contributed by atoms with Gasteiger partial charge < -0.3 is 14.3 Å². The second kappa shape index (κ2) is 6.30. The second-order valence-corrected chi connectivity index (χ2v) is 3.23. The highest BCUT2D eigenvalue weighted by atomic mass is 19.1. The molecule has 0 fully saturated rings. The molecule has 0 unspecified atom stereocenters. The standard InChI is InChI=1S/C11H16FNO3/c1-14-10-6-9(7-12)11(15-2)5-8(10)3-4-16-13/h5-6H,3-4,7,13H2,1-2H3. The summed E-state index contributed by atoms with van der Waals surface area (Å²) < 4.78 is 22.9. The molecule has 0 amide bonds. The molecule has 0 aliphatic heterocycles. The van der Waals surface area contributed by atoms with Gasteiger partial charge in [0, 0.05) is 17.5 Å². The fourth-order valence-electron chi connectivity index (χ4n) is 1.49. The van der Waals surface area contributed by atoms with E-state index in [9.17, 15) is 4.39 Å². The van der Waals surface area contributed by atoms with Crippen molar-refractivity contribution in [2.24, 2.45) is 5.90 Å². The lowest BCUT2D eigenvalue weighted by molar-refractivity contribution is 0.140. The molecule has 0 spiro atoms. The Bertz CT molecular complexity index is 344. The minimum absolute atomic E-state index is 0.370. The van der Waals surface area contributed by atoms with Crippen LogP contribution in [0.5, 0.6) is 11.5 Å². The zero-order chi connectivity index (χ0) is 12.0. The first-order valence-electron chi connectivity index (χ1n) is 4.88. The van der Waals surface area contributed by atoms with E-state index in [1.54, 1.807) is 12.1 Å². The van der Waals surface area contributed by atoms with Crippen molar-refractivity contribution in [2.75, 3.05) is 20.8 Å². The number of ether oxygens (including phenoxy) is 2. The summed E-state index contributed by atoms with van der Waals surface area (Å²) in [6, 6.07) is 3.37. The van der Waals surface area contributed by atoms with Crippen molar-refractivity contribution in [1.82, 2.24) is 0 Å². The van der Waals surface area contributed by atoms with E-state index in [1.807, 2.05) is 0 Å². The summed E-state index contributed by atoms with van der Waals surface area (Å²) in [6.45, 7) is -0.221. The SMILES string of the molecule is COc1cc(CCON)c(OC)cc1CF. The summed E-state index contributed by atoms with van der Waals surface area (Å²) in [7, 11) is 3.04. The molecule has 0 aliphatic rings. The zero-order valence-electron chi connectivity index (χ0n) is 9.46. The van der Waals surface area contributed by atoms with Gasteiger partial charge in [0.1, 0.15) is 18.2 Å². The fourth-order valence-corrected chi connectivity index (χ4v) is 1.49. The molecule has 16 heavy (non-hydrogen) atoms. The van der Waals surface area contributed by atoms with Gasteiger partial charge in [0.15, 0.2) is 0 Å². The third-order valence-corrected chi connectivity index (χ3v) is 2.32. The van der Waals surface area contributed by atoms with Crippen molar-refractivity contribution in [3.63, 3.8) is 0 Å². The van der Waals surface area contributed by atoms with Gasteiger partial charge in [0.2, 0.25) is 0 Å². The van der Waals surface area contributed by atoms with Crippen LogP contribution in [-0.4, -0.2) is 20.8 Å². The highest BCUT2D eigenvalue weighted by Gasteiger charge is 2.10. The van der Waals surface area contributed by atoms with E-state index in [4.69, 9.17) is 15.4 Å². The quantitative estimate of drug-likeness (QED) is 0.753. The summed E-state index contributed by atoms with van der Waals surface area (Å²) in [5.74, 6) is 6.09. The first-order chi connectivity index (χ1) is 7.76. The normalized spacial score (nSPS) is 10.2. The van der Waals surface area contributed by atoms with Crippen LogP contribution in [0.1, 0.15) is 11.1 Å². The highest BCUT2D eigenvalue weighted by molar-refractivity contribution is 5.46. The maximum absolute atomic E-state index is 12.7. The number of nitrogens with two attached hydrogens (primary N) is 1. The molecular weight excluding hydrogens is 213 g/mol. The molecule has 2 N–H and O–H groups in total. The molecule has 1 aromatic rings. The van der Waals surface area contributed by atoms with Crippen LogP contribution >= 0.6 is 0 Å². The average Bonchev–Trinajstić information content (AvgIpc) is 2.35. The molecule has 4 nitrogen and oxygen atoms in total. The summed E-state index contributed by atoms with van der Waals surface area (Å²) in [5.41, 5.74) is 1.35. The van der Waals surface area contributed by atoms with Crippen LogP contribution in [0.2, 0.25) is 0 Å². The van der Waals surface area contributed by atoms with E-state index in [1.165, 1.54) is 14.2 Å². The van der Waals surface area contributed by atoms with Gasteiger partial charge in [-0.2, -0.15) is 0 Å². The van der Waals surface area contributed by atoms with Crippen LogP contribution in [-0.2, 0) is 17.9 Å². The Morgan fingerprint density at radius 1 is 1.12 bits per heavy atom. The number of rotatable bonds is 6. The van der Waals surface area contributed by atoms with Gasteiger partial charge >= 0.3 is 0 Å². The van der Waals surface area contributed by atoms with Crippen molar-refractivity contribution in [1.29, 1.82) is 0 Å². The van der Waals surface area contributed by atoms with E-state index < -0.39 is 6.67 Å². The zero-order valence-corrected chi connectivity index (χ0v) is 9.46. The number of methoxy groups -OCH3 is 2. The molecule has 0 aliphatic carbocycles. The molecule has 0 saturated heterocycles. The number of benzene rings is 1. The number of halogens is 1. The monoisotopic (exact) mass is 229 g/mol. The van der Waals surface area contributed by atoms with E-state index in [0.29, 0.717) is 30.1 Å². The van der Waals surface area contributed by atoms with E-state index >= 15 is 0 Å². The molecule has 0 radical (unpaired) electrons. The van der Waals surface area contributed by atoms with Crippen LogP contribution < -0.4 is 15.4 Å². The van der Waals surface area contributed by atoms with Crippen molar-refractivity contribution in [3.05, 3.63) is 23.3 Å². The third kappa shape index (κ3) is 2.84. The predicted molar refractivity (Wildman–Crippen MR) is 58.2 cm³/mol. The lowest BCUT2D eigenvalue weighted by Gasteiger charge is -2.13. The van der Waals surface area contributed by atoms with E-state index in [-0.39, 0.29) is 0 Å². The molecule has 90 valence electrons. The number of hydrogen-bond acceptors (Lipinski definition) is 4. The summed E-state index contributed by atoms with van der Waals surface area (Å²) in [5, 5.41) is 0. The van der Waals surface area contributed by atoms with Crippen LogP contribution in [0.15, 0.2) is 12.1 Å². The number of alkyl halides is 1. The van der Waals surface area contributed by atoms with E-state index in [0.717, 1.165) is 5.56 Å². The van der Waals surface area contributed by atoms with Crippen LogP contribution in [0.3, 0.4) is 0 Å². The molecule has 0 bridgehead atoms. The van der Waals surface area contributed by atoms with Gasteiger partial charge in [-0.05, 0) is 12.1 Å². The van der Waals surface area contributed by atoms with Gasteiger partial charge in [0.25, 0.3) is 0 Å². The Morgan fingerprint density at radius 3 is 2.19 bits per heavy atom. The molecule has 0 aromatic heterocycles. The Labute approximate surface area is 94.1 Å². The molecular formula is C11H16FNO3. The topological polar surface area (TPSA) is 53.7 Å². The van der Waals surface area contributed by atoms with Crippen molar-refractivity contribution < 1.29 is 18.7 Å². The Kier molecular flexibility index (Phi) is 5.01. The maximum Gasteiger partial charge on any atom is 0.125 e. The molecule has 1 rings (SSSR count). The minimum Gasteiger partial charge on any atom is -0.496 e. The maximum atomic E-state index is 12.7. The molecule has 1 aromatic carbocycles. The summed E-state index contributed by atoms with van der Waals surface area (Å²) in [4.78, 5) is 4.50. The van der Waals surface area contributed by atoms with Crippen molar-refractivity contribution in [2.45, 2.75) is 13.1 Å². The van der Waals surface area contributed by atoms with Gasteiger partial charge in [-0.1, -0.05) is 0 Å². The van der Waals surface area contributed by atoms with Crippen LogP contribution in [0.25, 0.3) is 0 Å². The smallest absolute Gasteiger partial charge is 0.125 e. The third-order valence-electron chi connectivity index (χ3n) is 2.32. The first kappa shape index (κ1) is 12.7. The molecule has 5 heteroatoms. The highest BCUT2D eigenvalue weighted by Crippen LogP contribution is 2.29. The lowest BCUT2D eigenvalue weighted by atomic mass is 10.1. The van der Waals surface area contributed by atoms with Crippen molar-refractivity contribution in [3.8, 4) is 11.5 Å². The first-order valence-corrected chi connectivity index (χ1v) is 4.88. The summed E-state index contributed by atoms with van der Waals surface area (Å²) in [6.07, 6.45) is 0.586. The van der Waals surface area contributed by atoms with Gasteiger partial charge in [-0.3, -0.25) is 0 Å². The Hall–Kier alpha value is -1.33. The predicted octanol–water partition coefficient (Wildman–Crippen LogP) is 1.61. The average molecular weight is 229 g/mol. The van der Waals surface area contributed by atoms with Gasteiger partial charge in [-0.25, -0.2) is 10.3 Å².